The van der Waals surface area contributed by atoms with E-state index in [0.717, 1.165) is 25.7 Å². The average Bonchev–Trinajstić information content (AvgIpc) is 2.85. The van der Waals surface area contributed by atoms with Crippen molar-refractivity contribution >= 4 is 15.7 Å². The maximum Gasteiger partial charge on any atom is 0.240 e. The molecule has 0 heterocycles. The highest BCUT2D eigenvalue weighted by Crippen LogP contribution is 2.38. The number of aliphatic hydroxyl groups is 1. The third-order valence-corrected chi connectivity index (χ3v) is 4.82. The van der Waals surface area contributed by atoms with Crippen LogP contribution >= 0.6 is 0 Å². The fraction of sp³-hybridized carbons (Fsp3) is 0.538. The summed E-state index contributed by atoms with van der Waals surface area (Å²) in [4.78, 5) is 0.0982. The predicted molar refractivity (Wildman–Crippen MR) is 74.3 cm³/mol. The molecule has 0 saturated heterocycles. The van der Waals surface area contributed by atoms with E-state index in [1.165, 1.54) is 6.07 Å². The molecule has 0 radical (unpaired) electrons. The van der Waals surface area contributed by atoms with Gasteiger partial charge in [-0.05, 0) is 25.0 Å². The molecule has 0 unspecified atom stereocenters. The summed E-state index contributed by atoms with van der Waals surface area (Å²) in [5, 5.41) is 17.9. The zero-order valence-electron chi connectivity index (χ0n) is 10.8. The fourth-order valence-corrected chi connectivity index (χ4v) is 3.37. The largest absolute Gasteiger partial charge is 0.396 e. The van der Waals surface area contributed by atoms with Crippen LogP contribution < -0.4 is 10.5 Å². The van der Waals surface area contributed by atoms with Gasteiger partial charge in [-0.1, -0.05) is 25.0 Å². The number of benzene rings is 1. The van der Waals surface area contributed by atoms with Crippen molar-refractivity contribution in [2.24, 2.45) is 10.6 Å². The van der Waals surface area contributed by atoms with Gasteiger partial charge in [0, 0.05) is 12.0 Å². The molecule has 1 saturated carbocycles. The van der Waals surface area contributed by atoms with Gasteiger partial charge in [-0.3, -0.25) is 0 Å². The van der Waals surface area contributed by atoms with Crippen molar-refractivity contribution in [2.75, 3.05) is 18.5 Å². The molecule has 0 spiro atoms. The Morgan fingerprint density at radius 2 is 1.89 bits per heavy atom. The smallest absolute Gasteiger partial charge is 0.240 e. The Labute approximate surface area is 113 Å². The molecule has 106 valence electrons. The van der Waals surface area contributed by atoms with Gasteiger partial charge in [0.05, 0.1) is 12.3 Å². The second-order valence-electron chi connectivity index (χ2n) is 5.26. The molecular weight excluding hydrogens is 264 g/mol. The van der Waals surface area contributed by atoms with E-state index < -0.39 is 10.0 Å². The van der Waals surface area contributed by atoms with Gasteiger partial charge < -0.3 is 10.4 Å². The van der Waals surface area contributed by atoms with E-state index in [-0.39, 0.29) is 16.9 Å². The minimum Gasteiger partial charge on any atom is -0.396 e. The summed E-state index contributed by atoms with van der Waals surface area (Å²) in [6, 6.07) is 6.58. The summed E-state index contributed by atoms with van der Waals surface area (Å²) in [6.45, 7) is 0.688. The van der Waals surface area contributed by atoms with Crippen molar-refractivity contribution in [3.8, 4) is 0 Å². The summed E-state index contributed by atoms with van der Waals surface area (Å²) < 4.78 is 23.0. The van der Waals surface area contributed by atoms with Crippen LogP contribution in [0, 0.1) is 5.41 Å². The Balaban J connectivity index is 2.16. The molecule has 1 aliphatic rings. The first kappa shape index (κ1) is 14.3. The van der Waals surface area contributed by atoms with Crippen molar-refractivity contribution in [3.63, 3.8) is 0 Å². The minimum absolute atomic E-state index is 0.0982. The summed E-state index contributed by atoms with van der Waals surface area (Å²) in [5.74, 6) is 0. The zero-order valence-corrected chi connectivity index (χ0v) is 11.6. The Bertz CT molecular complexity index is 537. The lowest BCUT2D eigenvalue weighted by molar-refractivity contribution is 0.142. The SMILES string of the molecule is NS(=O)(=O)c1ccccc1NCC1(CO)CCCC1. The number of rotatable bonds is 5. The number of nitrogens with one attached hydrogen (secondary N) is 1. The van der Waals surface area contributed by atoms with Crippen molar-refractivity contribution < 1.29 is 13.5 Å². The quantitative estimate of drug-likeness (QED) is 0.760. The van der Waals surface area contributed by atoms with Crippen LogP contribution in [0.25, 0.3) is 0 Å². The molecule has 0 aromatic heterocycles. The Morgan fingerprint density at radius 3 is 2.47 bits per heavy atom. The molecule has 0 atom stereocenters. The molecule has 0 aliphatic heterocycles. The number of para-hydroxylation sites is 1. The standard InChI is InChI=1S/C13H20N2O3S/c14-19(17,18)12-6-2-1-5-11(12)15-9-13(10-16)7-3-4-8-13/h1-2,5-6,15-16H,3-4,7-10H2,(H2,14,17,18). The first-order valence-corrected chi connectivity index (χ1v) is 7.98. The molecule has 1 aliphatic carbocycles. The Hall–Kier alpha value is -1.11. The van der Waals surface area contributed by atoms with Crippen molar-refractivity contribution in [2.45, 2.75) is 30.6 Å². The van der Waals surface area contributed by atoms with Gasteiger partial charge in [0.25, 0.3) is 0 Å². The lowest BCUT2D eigenvalue weighted by atomic mass is 9.87. The van der Waals surface area contributed by atoms with E-state index in [9.17, 15) is 13.5 Å². The molecule has 1 aromatic rings. The Morgan fingerprint density at radius 1 is 1.26 bits per heavy atom. The third-order valence-electron chi connectivity index (χ3n) is 3.85. The number of hydrogen-bond donors (Lipinski definition) is 3. The molecule has 19 heavy (non-hydrogen) atoms. The highest BCUT2D eigenvalue weighted by molar-refractivity contribution is 7.89. The normalized spacial score (nSPS) is 18.4. The van der Waals surface area contributed by atoms with Crippen molar-refractivity contribution in [3.05, 3.63) is 24.3 Å². The van der Waals surface area contributed by atoms with Gasteiger partial charge in [-0.25, -0.2) is 13.6 Å². The van der Waals surface area contributed by atoms with E-state index in [1.807, 2.05) is 0 Å². The topological polar surface area (TPSA) is 92.4 Å². The fourth-order valence-electron chi connectivity index (χ4n) is 2.66. The third kappa shape index (κ3) is 3.26. The lowest BCUT2D eigenvalue weighted by Gasteiger charge is -2.27. The maximum atomic E-state index is 11.5. The van der Waals surface area contributed by atoms with Crippen LogP contribution in [-0.4, -0.2) is 26.7 Å². The molecular formula is C13H20N2O3S. The van der Waals surface area contributed by atoms with Crippen LogP contribution in [0.15, 0.2) is 29.2 Å². The number of hydrogen-bond acceptors (Lipinski definition) is 4. The molecule has 0 amide bonds. The van der Waals surface area contributed by atoms with Crippen LogP contribution in [0.2, 0.25) is 0 Å². The first-order valence-electron chi connectivity index (χ1n) is 6.43. The first-order chi connectivity index (χ1) is 8.97. The monoisotopic (exact) mass is 284 g/mol. The van der Waals surface area contributed by atoms with Crippen LogP contribution in [0.5, 0.6) is 0 Å². The highest BCUT2D eigenvalue weighted by Gasteiger charge is 2.33. The molecule has 0 bridgehead atoms. The van der Waals surface area contributed by atoms with E-state index in [4.69, 9.17) is 5.14 Å². The van der Waals surface area contributed by atoms with Gasteiger partial charge in [-0.2, -0.15) is 0 Å². The average molecular weight is 284 g/mol. The number of primary sulfonamides is 1. The van der Waals surface area contributed by atoms with Gasteiger partial charge in [0.2, 0.25) is 10.0 Å². The molecule has 2 rings (SSSR count). The lowest BCUT2D eigenvalue weighted by Crippen LogP contribution is -2.31. The molecule has 5 nitrogen and oxygen atoms in total. The van der Waals surface area contributed by atoms with E-state index >= 15 is 0 Å². The predicted octanol–water partition coefficient (Wildman–Crippen LogP) is 1.30. The van der Waals surface area contributed by atoms with Crippen LogP contribution in [0.4, 0.5) is 5.69 Å². The summed E-state index contributed by atoms with van der Waals surface area (Å²) in [7, 11) is -3.73. The van der Waals surface area contributed by atoms with Crippen LogP contribution in [0.3, 0.4) is 0 Å². The second kappa shape index (κ2) is 5.48. The number of nitrogens with two attached hydrogens (primary N) is 1. The van der Waals surface area contributed by atoms with Gasteiger partial charge in [-0.15, -0.1) is 0 Å². The minimum atomic E-state index is -3.73. The summed E-state index contributed by atoms with van der Waals surface area (Å²) >= 11 is 0. The zero-order chi connectivity index (χ0) is 13.9. The molecule has 1 aromatic carbocycles. The van der Waals surface area contributed by atoms with Crippen molar-refractivity contribution in [1.29, 1.82) is 0 Å². The highest BCUT2D eigenvalue weighted by atomic mass is 32.2. The second-order valence-corrected chi connectivity index (χ2v) is 6.79. The number of anilines is 1. The number of aliphatic hydroxyl groups excluding tert-OH is 1. The van der Waals surface area contributed by atoms with Gasteiger partial charge in [0.1, 0.15) is 4.90 Å². The molecule has 1 fully saturated rings. The molecule has 4 N–H and O–H groups in total. The van der Waals surface area contributed by atoms with E-state index in [1.54, 1.807) is 18.2 Å². The van der Waals surface area contributed by atoms with Crippen LogP contribution in [0.1, 0.15) is 25.7 Å². The summed E-state index contributed by atoms with van der Waals surface area (Å²) in [5.41, 5.74) is 0.371. The van der Waals surface area contributed by atoms with Gasteiger partial charge in [0.15, 0.2) is 0 Å². The van der Waals surface area contributed by atoms with E-state index in [2.05, 4.69) is 5.32 Å². The summed E-state index contributed by atoms with van der Waals surface area (Å²) in [6.07, 6.45) is 4.15. The van der Waals surface area contributed by atoms with Gasteiger partial charge >= 0.3 is 0 Å². The van der Waals surface area contributed by atoms with E-state index in [0.29, 0.717) is 12.2 Å². The maximum absolute atomic E-state index is 11.5. The Kier molecular flexibility index (Phi) is 4.13. The number of sulfonamides is 1. The molecule has 6 heteroatoms. The van der Waals surface area contributed by atoms with Crippen LogP contribution in [-0.2, 0) is 10.0 Å². The van der Waals surface area contributed by atoms with Crippen molar-refractivity contribution in [1.82, 2.24) is 0 Å².